The van der Waals surface area contributed by atoms with Crippen LogP contribution in [-0.4, -0.2) is 22.4 Å². The normalized spacial score (nSPS) is 20.3. The van der Waals surface area contributed by atoms with E-state index >= 15 is 0 Å². The number of rotatable bonds is 3. The van der Waals surface area contributed by atoms with Crippen LogP contribution in [0.5, 0.6) is 0 Å². The fraction of sp³-hybridized carbons (Fsp3) is 0.462. The van der Waals surface area contributed by atoms with Gasteiger partial charge in [-0.05, 0) is 25.8 Å². The van der Waals surface area contributed by atoms with Crippen molar-refractivity contribution < 1.29 is 4.92 Å². The second-order valence-corrected chi connectivity index (χ2v) is 4.50. The number of hydrogen-bond acceptors (Lipinski definition) is 4. The van der Waals surface area contributed by atoms with Gasteiger partial charge in [0.15, 0.2) is 0 Å². The Balaban J connectivity index is 2.18. The van der Waals surface area contributed by atoms with Crippen molar-refractivity contribution >= 4 is 5.69 Å². The summed E-state index contributed by atoms with van der Waals surface area (Å²) in [6.07, 6.45) is 2.97. The predicted molar refractivity (Wildman–Crippen MR) is 66.8 cm³/mol. The summed E-state index contributed by atoms with van der Waals surface area (Å²) in [6.45, 7) is 1.32. The number of nitro benzene ring substituents is 1. The molecule has 1 atom stereocenters. The summed E-state index contributed by atoms with van der Waals surface area (Å²) < 4.78 is 0. The van der Waals surface area contributed by atoms with Crippen molar-refractivity contribution in [3.63, 3.8) is 0 Å². The molecule has 1 unspecified atom stereocenters. The molecule has 0 aromatic heterocycles. The first kappa shape index (κ1) is 12.5. The topological polar surface area (TPSA) is 70.2 Å². The lowest BCUT2D eigenvalue weighted by Gasteiger charge is -2.31. The highest BCUT2D eigenvalue weighted by molar-refractivity contribution is 5.39. The van der Waals surface area contributed by atoms with Gasteiger partial charge in [-0.2, -0.15) is 5.26 Å². The maximum atomic E-state index is 10.9. The highest BCUT2D eigenvalue weighted by Crippen LogP contribution is 2.24. The molecule has 5 heteroatoms. The largest absolute Gasteiger partial charge is 0.283 e. The van der Waals surface area contributed by atoms with Crippen LogP contribution in [0.4, 0.5) is 5.69 Å². The Bertz CT molecular complexity index is 481. The summed E-state index contributed by atoms with van der Waals surface area (Å²) in [7, 11) is 0. The summed E-state index contributed by atoms with van der Waals surface area (Å²) in [5, 5.41) is 20.0. The van der Waals surface area contributed by atoms with Gasteiger partial charge in [-0.3, -0.25) is 15.0 Å². The average Bonchev–Trinajstić information content (AvgIpc) is 2.40. The van der Waals surface area contributed by atoms with Crippen LogP contribution < -0.4 is 0 Å². The molecule has 18 heavy (non-hydrogen) atoms. The predicted octanol–water partition coefficient (Wildman–Crippen LogP) is 2.47. The molecule has 1 aromatic rings. The van der Waals surface area contributed by atoms with Gasteiger partial charge in [0.05, 0.1) is 17.0 Å². The first-order chi connectivity index (χ1) is 8.72. The Kier molecular flexibility index (Phi) is 3.90. The standard InChI is InChI=1S/C13H15N3O2/c14-9-12-6-3-4-8-15(12)10-11-5-1-2-7-13(11)16(17)18/h1-2,5,7,12H,3-4,6,8,10H2. The van der Waals surface area contributed by atoms with Crippen molar-refractivity contribution in [2.75, 3.05) is 6.54 Å². The summed E-state index contributed by atoms with van der Waals surface area (Å²) in [4.78, 5) is 12.6. The summed E-state index contributed by atoms with van der Waals surface area (Å²) in [5.74, 6) is 0. The molecule has 0 amide bonds. The number of para-hydroxylation sites is 1. The molecule has 1 aliphatic heterocycles. The van der Waals surface area contributed by atoms with Crippen LogP contribution in [0.3, 0.4) is 0 Å². The first-order valence-electron chi connectivity index (χ1n) is 6.08. The van der Waals surface area contributed by atoms with E-state index in [-0.39, 0.29) is 16.7 Å². The molecule has 1 saturated heterocycles. The van der Waals surface area contributed by atoms with Crippen molar-refractivity contribution in [2.24, 2.45) is 0 Å². The Labute approximate surface area is 106 Å². The molecule has 0 bridgehead atoms. The molecule has 0 N–H and O–H groups in total. The van der Waals surface area contributed by atoms with Crippen LogP contribution in [0.25, 0.3) is 0 Å². The maximum absolute atomic E-state index is 10.9. The molecule has 0 radical (unpaired) electrons. The smallest absolute Gasteiger partial charge is 0.273 e. The van der Waals surface area contributed by atoms with Crippen LogP contribution in [0.1, 0.15) is 24.8 Å². The average molecular weight is 245 g/mol. The van der Waals surface area contributed by atoms with Gasteiger partial charge in [-0.1, -0.05) is 18.2 Å². The molecule has 1 aromatic carbocycles. The van der Waals surface area contributed by atoms with E-state index in [2.05, 4.69) is 6.07 Å². The van der Waals surface area contributed by atoms with E-state index in [0.29, 0.717) is 12.1 Å². The van der Waals surface area contributed by atoms with E-state index < -0.39 is 0 Å². The SMILES string of the molecule is N#CC1CCCCN1Cc1ccccc1[N+](=O)[O-]. The van der Waals surface area contributed by atoms with Gasteiger partial charge < -0.3 is 0 Å². The van der Waals surface area contributed by atoms with Crippen molar-refractivity contribution in [3.8, 4) is 6.07 Å². The molecular formula is C13H15N3O2. The molecule has 1 heterocycles. The number of piperidine rings is 1. The van der Waals surface area contributed by atoms with Gasteiger partial charge in [0.25, 0.3) is 5.69 Å². The second-order valence-electron chi connectivity index (χ2n) is 4.50. The second kappa shape index (κ2) is 5.61. The molecule has 0 saturated carbocycles. The van der Waals surface area contributed by atoms with Crippen LogP contribution in [0.2, 0.25) is 0 Å². The molecule has 0 aliphatic carbocycles. The van der Waals surface area contributed by atoms with Crippen LogP contribution in [-0.2, 0) is 6.54 Å². The summed E-state index contributed by atoms with van der Waals surface area (Å²) in [6, 6.07) is 8.91. The quantitative estimate of drug-likeness (QED) is 0.606. The molecule has 1 fully saturated rings. The van der Waals surface area contributed by atoms with Crippen molar-refractivity contribution in [1.29, 1.82) is 5.26 Å². The number of nitro groups is 1. The highest BCUT2D eigenvalue weighted by Gasteiger charge is 2.24. The first-order valence-corrected chi connectivity index (χ1v) is 6.08. The monoisotopic (exact) mass is 245 g/mol. The lowest BCUT2D eigenvalue weighted by atomic mass is 10.0. The minimum atomic E-state index is -0.360. The Morgan fingerprint density at radius 1 is 1.44 bits per heavy atom. The lowest BCUT2D eigenvalue weighted by molar-refractivity contribution is -0.385. The van der Waals surface area contributed by atoms with E-state index in [1.165, 1.54) is 6.07 Å². The maximum Gasteiger partial charge on any atom is 0.273 e. The van der Waals surface area contributed by atoms with E-state index in [4.69, 9.17) is 5.26 Å². The fourth-order valence-electron chi connectivity index (χ4n) is 2.37. The Morgan fingerprint density at radius 3 is 2.94 bits per heavy atom. The molecule has 1 aliphatic rings. The van der Waals surface area contributed by atoms with Crippen LogP contribution in [0, 0.1) is 21.4 Å². The van der Waals surface area contributed by atoms with Crippen LogP contribution in [0.15, 0.2) is 24.3 Å². The summed E-state index contributed by atoms with van der Waals surface area (Å²) in [5.41, 5.74) is 0.824. The number of hydrogen-bond donors (Lipinski definition) is 0. The van der Waals surface area contributed by atoms with Gasteiger partial charge in [-0.25, -0.2) is 0 Å². The van der Waals surface area contributed by atoms with E-state index in [1.54, 1.807) is 18.2 Å². The number of nitrogens with zero attached hydrogens (tertiary/aromatic N) is 3. The fourth-order valence-corrected chi connectivity index (χ4v) is 2.37. The third kappa shape index (κ3) is 2.66. The van der Waals surface area contributed by atoms with Crippen LogP contribution >= 0.6 is 0 Å². The molecule has 5 nitrogen and oxygen atoms in total. The van der Waals surface area contributed by atoms with Gasteiger partial charge in [0, 0.05) is 18.2 Å². The third-order valence-electron chi connectivity index (χ3n) is 3.32. The Morgan fingerprint density at radius 2 is 2.22 bits per heavy atom. The van der Waals surface area contributed by atoms with Gasteiger partial charge in [-0.15, -0.1) is 0 Å². The molecule has 0 spiro atoms. The highest BCUT2D eigenvalue weighted by atomic mass is 16.6. The molecular weight excluding hydrogens is 230 g/mol. The number of benzene rings is 1. The number of nitriles is 1. The van der Waals surface area contributed by atoms with Gasteiger partial charge in [0.2, 0.25) is 0 Å². The minimum absolute atomic E-state index is 0.112. The van der Waals surface area contributed by atoms with Crippen molar-refractivity contribution in [1.82, 2.24) is 4.90 Å². The minimum Gasteiger partial charge on any atom is -0.283 e. The third-order valence-corrected chi connectivity index (χ3v) is 3.32. The van der Waals surface area contributed by atoms with E-state index in [0.717, 1.165) is 25.8 Å². The lowest BCUT2D eigenvalue weighted by Crippen LogP contribution is -2.37. The zero-order valence-corrected chi connectivity index (χ0v) is 10.1. The zero-order valence-electron chi connectivity index (χ0n) is 10.1. The Hall–Kier alpha value is -1.93. The summed E-state index contributed by atoms with van der Waals surface area (Å²) >= 11 is 0. The van der Waals surface area contributed by atoms with Gasteiger partial charge in [0.1, 0.15) is 0 Å². The number of likely N-dealkylation sites (tertiary alicyclic amines) is 1. The molecule has 94 valence electrons. The van der Waals surface area contributed by atoms with E-state index in [1.807, 2.05) is 4.90 Å². The van der Waals surface area contributed by atoms with Gasteiger partial charge >= 0.3 is 0 Å². The van der Waals surface area contributed by atoms with Crippen molar-refractivity contribution in [2.45, 2.75) is 31.8 Å². The zero-order chi connectivity index (χ0) is 13.0. The molecule has 2 rings (SSSR count). The van der Waals surface area contributed by atoms with Crippen molar-refractivity contribution in [3.05, 3.63) is 39.9 Å². The van der Waals surface area contributed by atoms with E-state index in [9.17, 15) is 10.1 Å².